The Labute approximate surface area is 168 Å². The normalized spacial score (nSPS) is 16.7. The largest absolute Gasteiger partial charge is 0.344 e. The van der Waals surface area contributed by atoms with Crippen LogP contribution in [0.3, 0.4) is 0 Å². The summed E-state index contributed by atoms with van der Waals surface area (Å²) < 4.78 is 15.3. The van der Waals surface area contributed by atoms with Crippen LogP contribution in [0.4, 0.5) is 9.18 Å². The molecular formula is C23H22FN3O2. The fourth-order valence-corrected chi connectivity index (χ4v) is 3.55. The second-order valence-corrected chi connectivity index (χ2v) is 7.27. The Morgan fingerprint density at radius 3 is 2.55 bits per heavy atom. The topological polar surface area (TPSA) is 54.3 Å². The summed E-state index contributed by atoms with van der Waals surface area (Å²) in [6.45, 7) is 4.37. The van der Waals surface area contributed by atoms with E-state index in [4.69, 9.17) is 0 Å². The summed E-state index contributed by atoms with van der Waals surface area (Å²) >= 11 is 0. The summed E-state index contributed by atoms with van der Waals surface area (Å²) in [4.78, 5) is 26.3. The molecule has 1 atom stereocenters. The number of carbonyl (C=O) groups excluding carboxylic acids is 2. The zero-order valence-electron chi connectivity index (χ0n) is 16.4. The third-order valence-corrected chi connectivity index (χ3v) is 5.35. The fraction of sp³-hybridized carbons (Fsp3) is 0.217. The number of aromatic nitrogens is 1. The van der Waals surface area contributed by atoms with Crippen molar-refractivity contribution >= 4 is 28.9 Å². The molecule has 1 fully saturated rings. The third kappa shape index (κ3) is 3.53. The van der Waals surface area contributed by atoms with Gasteiger partial charge in [-0.2, -0.15) is 0 Å². The van der Waals surface area contributed by atoms with Crippen LogP contribution in [0, 0.1) is 5.82 Å². The van der Waals surface area contributed by atoms with Crippen LogP contribution in [0.15, 0.2) is 60.4 Å². The lowest BCUT2D eigenvalue weighted by molar-refractivity contribution is -0.123. The molecule has 0 bridgehead atoms. The van der Waals surface area contributed by atoms with Crippen molar-refractivity contribution in [1.82, 2.24) is 14.8 Å². The molecule has 1 aliphatic rings. The average molecular weight is 391 g/mol. The number of halogens is 1. The lowest BCUT2D eigenvalue weighted by atomic mass is 10.1. The van der Waals surface area contributed by atoms with E-state index in [-0.39, 0.29) is 24.0 Å². The van der Waals surface area contributed by atoms with Crippen LogP contribution in [0.25, 0.3) is 17.0 Å². The Balaban J connectivity index is 1.66. The molecule has 0 saturated carbocycles. The molecule has 1 aliphatic heterocycles. The van der Waals surface area contributed by atoms with Gasteiger partial charge in [-0.05, 0) is 43.2 Å². The van der Waals surface area contributed by atoms with E-state index in [0.29, 0.717) is 11.6 Å². The zero-order valence-corrected chi connectivity index (χ0v) is 16.4. The second kappa shape index (κ2) is 7.54. The first-order valence-corrected chi connectivity index (χ1v) is 9.66. The van der Waals surface area contributed by atoms with Gasteiger partial charge >= 0.3 is 6.03 Å². The van der Waals surface area contributed by atoms with E-state index in [1.807, 2.05) is 24.4 Å². The minimum absolute atomic E-state index is 0.0942. The zero-order chi connectivity index (χ0) is 20.5. The van der Waals surface area contributed by atoms with E-state index in [1.54, 1.807) is 18.2 Å². The number of hydrogen-bond acceptors (Lipinski definition) is 2. The van der Waals surface area contributed by atoms with Gasteiger partial charge in [0.05, 0.1) is 6.54 Å². The van der Waals surface area contributed by atoms with Crippen molar-refractivity contribution in [2.24, 2.45) is 0 Å². The van der Waals surface area contributed by atoms with Crippen LogP contribution in [-0.2, 0) is 11.3 Å². The first kappa shape index (κ1) is 18.9. The number of nitrogens with one attached hydrogen (secondary N) is 1. The van der Waals surface area contributed by atoms with Crippen molar-refractivity contribution in [3.63, 3.8) is 0 Å². The highest BCUT2D eigenvalue weighted by molar-refractivity contribution is 6.14. The molecule has 0 radical (unpaired) electrons. The molecule has 3 aromatic rings. The molecule has 2 aromatic carbocycles. The minimum Gasteiger partial charge on any atom is -0.344 e. The van der Waals surface area contributed by atoms with E-state index in [1.165, 1.54) is 12.1 Å². The summed E-state index contributed by atoms with van der Waals surface area (Å²) in [5, 5.41) is 3.69. The van der Waals surface area contributed by atoms with Crippen LogP contribution in [0.2, 0.25) is 0 Å². The summed E-state index contributed by atoms with van der Waals surface area (Å²) in [5.41, 5.74) is 2.90. The van der Waals surface area contributed by atoms with Crippen molar-refractivity contribution in [2.75, 3.05) is 0 Å². The summed E-state index contributed by atoms with van der Waals surface area (Å²) in [5.74, 6) is -0.746. The van der Waals surface area contributed by atoms with E-state index >= 15 is 0 Å². The maximum Gasteiger partial charge on any atom is 0.329 e. The number of amides is 3. The van der Waals surface area contributed by atoms with Crippen molar-refractivity contribution in [3.8, 4) is 0 Å². The van der Waals surface area contributed by atoms with Crippen molar-refractivity contribution in [3.05, 3.63) is 77.4 Å². The van der Waals surface area contributed by atoms with Gasteiger partial charge in [0.1, 0.15) is 11.5 Å². The molecule has 0 aliphatic carbocycles. The van der Waals surface area contributed by atoms with E-state index < -0.39 is 6.03 Å². The van der Waals surface area contributed by atoms with Crippen LogP contribution in [0.5, 0.6) is 0 Å². The third-order valence-electron chi connectivity index (χ3n) is 5.35. The standard InChI is InChI=1S/C23H22FN3O2/c1-3-15(2)26-14-17(19-6-4-5-7-21(19)26)12-20-22(28)27(23(29)25-20)13-16-8-10-18(24)11-9-16/h4-12,14-15H,3,13H2,1-2H3,(H,25,29)/b20-12+/t15-/m0/s1. The van der Waals surface area contributed by atoms with Crippen LogP contribution in [0.1, 0.15) is 37.4 Å². The number of benzene rings is 2. The molecule has 0 spiro atoms. The van der Waals surface area contributed by atoms with Gasteiger partial charge in [0.25, 0.3) is 5.91 Å². The van der Waals surface area contributed by atoms with Crippen LogP contribution < -0.4 is 5.32 Å². The first-order valence-electron chi connectivity index (χ1n) is 9.66. The van der Waals surface area contributed by atoms with Crippen molar-refractivity contribution in [2.45, 2.75) is 32.9 Å². The number of urea groups is 1. The Morgan fingerprint density at radius 1 is 1.10 bits per heavy atom. The predicted octanol–water partition coefficient (Wildman–Crippen LogP) is 4.84. The predicted molar refractivity (Wildman–Crippen MR) is 110 cm³/mol. The number of imide groups is 1. The minimum atomic E-state index is -0.476. The Kier molecular flexibility index (Phi) is 4.92. The monoisotopic (exact) mass is 391 g/mol. The molecule has 1 N–H and O–H groups in total. The number of hydrogen-bond donors (Lipinski definition) is 1. The van der Waals surface area contributed by atoms with Gasteiger partial charge in [-0.15, -0.1) is 0 Å². The molecule has 1 saturated heterocycles. The smallest absolute Gasteiger partial charge is 0.329 e. The number of fused-ring (bicyclic) bond motifs is 1. The molecule has 6 heteroatoms. The van der Waals surface area contributed by atoms with Gasteiger partial charge in [0.15, 0.2) is 0 Å². The van der Waals surface area contributed by atoms with Gasteiger partial charge in [-0.25, -0.2) is 9.18 Å². The molecule has 2 heterocycles. The van der Waals surface area contributed by atoms with E-state index in [9.17, 15) is 14.0 Å². The number of para-hydroxylation sites is 1. The summed E-state index contributed by atoms with van der Waals surface area (Å²) in [6.07, 6.45) is 4.73. The number of nitrogens with zero attached hydrogens (tertiary/aromatic N) is 2. The molecule has 5 nitrogen and oxygen atoms in total. The molecule has 148 valence electrons. The van der Waals surface area contributed by atoms with Crippen LogP contribution >= 0.6 is 0 Å². The van der Waals surface area contributed by atoms with E-state index in [0.717, 1.165) is 27.8 Å². The lowest BCUT2D eigenvalue weighted by Crippen LogP contribution is -2.30. The molecule has 0 unspecified atom stereocenters. The average Bonchev–Trinajstić information content (AvgIpc) is 3.22. The SMILES string of the molecule is CC[C@H](C)n1cc(/C=C2/NC(=O)N(Cc3ccc(F)cc3)C2=O)c2ccccc21. The van der Waals surface area contributed by atoms with Gasteiger partial charge in [0.2, 0.25) is 0 Å². The highest BCUT2D eigenvalue weighted by Gasteiger charge is 2.33. The molecule has 1 aromatic heterocycles. The fourth-order valence-electron chi connectivity index (χ4n) is 3.55. The Bertz CT molecular complexity index is 1110. The quantitative estimate of drug-likeness (QED) is 0.500. The first-order chi connectivity index (χ1) is 14.0. The number of carbonyl (C=O) groups is 2. The Hall–Kier alpha value is -3.41. The molecule has 29 heavy (non-hydrogen) atoms. The molecular weight excluding hydrogens is 369 g/mol. The molecule has 3 amide bonds. The maximum absolute atomic E-state index is 13.1. The highest BCUT2D eigenvalue weighted by atomic mass is 19.1. The summed E-state index contributed by atoms with van der Waals surface area (Å²) in [6, 6.07) is 13.6. The summed E-state index contributed by atoms with van der Waals surface area (Å²) in [7, 11) is 0. The van der Waals surface area contributed by atoms with Gasteiger partial charge in [-0.1, -0.05) is 37.3 Å². The van der Waals surface area contributed by atoms with Crippen LogP contribution in [-0.4, -0.2) is 21.4 Å². The van der Waals surface area contributed by atoms with Gasteiger partial charge in [-0.3, -0.25) is 9.69 Å². The highest BCUT2D eigenvalue weighted by Crippen LogP contribution is 2.28. The van der Waals surface area contributed by atoms with Gasteiger partial charge < -0.3 is 9.88 Å². The number of rotatable bonds is 5. The Morgan fingerprint density at radius 2 is 1.83 bits per heavy atom. The van der Waals surface area contributed by atoms with Gasteiger partial charge in [0, 0.05) is 28.7 Å². The van der Waals surface area contributed by atoms with Crippen molar-refractivity contribution < 1.29 is 14.0 Å². The van der Waals surface area contributed by atoms with Crippen molar-refractivity contribution in [1.29, 1.82) is 0 Å². The molecule has 4 rings (SSSR count). The van der Waals surface area contributed by atoms with E-state index in [2.05, 4.69) is 29.8 Å². The maximum atomic E-state index is 13.1. The second-order valence-electron chi connectivity index (χ2n) is 7.27. The lowest BCUT2D eigenvalue weighted by Gasteiger charge is -2.12.